The molecule has 0 bridgehead atoms. The molecule has 0 radical (unpaired) electrons. The maximum atomic E-state index is 13.8. The van der Waals surface area contributed by atoms with E-state index in [1.165, 1.54) is 23.0 Å². The number of phenols is 1. The number of halogens is 2. The summed E-state index contributed by atoms with van der Waals surface area (Å²) in [6.45, 7) is 0. The zero-order valence-electron chi connectivity index (χ0n) is 19.0. The summed E-state index contributed by atoms with van der Waals surface area (Å²) in [5.74, 6) is -0.390. The van der Waals surface area contributed by atoms with Crippen molar-refractivity contribution in [2.24, 2.45) is 4.99 Å². The van der Waals surface area contributed by atoms with Crippen molar-refractivity contribution in [1.29, 1.82) is 0 Å². The molecule has 1 aliphatic carbocycles. The van der Waals surface area contributed by atoms with Gasteiger partial charge in [-0.05, 0) is 82.0 Å². The van der Waals surface area contributed by atoms with E-state index in [1.807, 2.05) is 59.0 Å². The lowest BCUT2D eigenvalue weighted by atomic mass is 9.83. The van der Waals surface area contributed by atoms with Gasteiger partial charge in [0, 0.05) is 16.7 Å². The first-order valence-corrected chi connectivity index (χ1v) is 13.6. The van der Waals surface area contributed by atoms with Gasteiger partial charge in [-0.1, -0.05) is 59.3 Å². The minimum absolute atomic E-state index is 0.222. The van der Waals surface area contributed by atoms with E-state index in [9.17, 15) is 20.0 Å². The van der Waals surface area contributed by atoms with Crippen molar-refractivity contribution in [3.05, 3.63) is 127 Å². The average Bonchev–Trinajstić information content (AvgIpc) is 3.19. The fraction of sp³-hybridized carbons (Fsp3) is 0.111. The summed E-state index contributed by atoms with van der Waals surface area (Å²) in [5.41, 5.74) is 5.04. The van der Waals surface area contributed by atoms with Gasteiger partial charge in [0.15, 0.2) is 4.80 Å². The largest absolute Gasteiger partial charge is 0.501 e. The molecule has 0 saturated heterocycles. The van der Waals surface area contributed by atoms with Crippen LogP contribution in [0.25, 0.3) is 11.8 Å². The van der Waals surface area contributed by atoms with E-state index in [1.54, 1.807) is 16.7 Å². The van der Waals surface area contributed by atoms with Gasteiger partial charge < -0.3 is 5.11 Å². The molecule has 4 aromatic rings. The van der Waals surface area contributed by atoms with Gasteiger partial charge in [-0.15, -0.1) is 0 Å². The summed E-state index contributed by atoms with van der Waals surface area (Å²) in [7, 11) is 0. The number of allylic oxidation sites excluding steroid dienone is 1. The van der Waals surface area contributed by atoms with Crippen molar-refractivity contribution in [2.75, 3.05) is 0 Å². The Morgan fingerprint density at radius 1 is 1.16 bits per heavy atom. The lowest BCUT2D eigenvalue weighted by molar-refractivity contribution is -0.386. The highest BCUT2D eigenvalue weighted by atomic mass is 127. The number of thiazole rings is 1. The smallest absolute Gasteiger partial charge is 0.312 e. The van der Waals surface area contributed by atoms with E-state index in [4.69, 9.17) is 16.6 Å². The zero-order valence-corrected chi connectivity index (χ0v) is 22.8. The number of hydrogen-bond donors (Lipinski definition) is 1. The highest BCUT2D eigenvalue weighted by Crippen LogP contribution is 2.41. The number of hydrogen-bond acceptors (Lipinski definition) is 6. The molecular weight excluding hydrogens is 625 g/mol. The Labute approximate surface area is 233 Å². The van der Waals surface area contributed by atoms with E-state index < -0.39 is 16.4 Å². The Balaban J connectivity index is 1.61. The number of aromatic nitrogens is 1. The summed E-state index contributed by atoms with van der Waals surface area (Å²) >= 11 is 9.26. The Morgan fingerprint density at radius 3 is 2.68 bits per heavy atom. The van der Waals surface area contributed by atoms with Crippen molar-refractivity contribution < 1.29 is 10.0 Å². The van der Waals surface area contributed by atoms with Gasteiger partial charge in [-0.3, -0.25) is 19.5 Å². The molecule has 1 atom stereocenters. The van der Waals surface area contributed by atoms with Crippen LogP contribution in [0, 0.1) is 13.7 Å². The number of benzene rings is 3. The highest BCUT2D eigenvalue weighted by Gasteiger charge is 2.32. The Kier molecular flexibility index (Phi) is 6.01. The third-order valence-corrected chi connectivity index (χ3v) is 8.68. The van der Waals surface area contributed by atoms with E-state index in [0.29, 0.717) is 23.5 Å². The van der Waals surface area contributed by atoms with Crippen LogP contribution in [-0.2, 0) is 6.42 Å². The molecule has 37 heavy (non-hydrogen) atoms. The maximum Gasteiger partial charge on any atom is 0.312 e. The van der Waals surface area contributed by atoms with Gasteiger partial charge in [0.2, 0.25) is 5.75 Å². The van der Waals surface area contributed by atoms with E-state index >= 15 is 0 Å². The molecule has 0 amide bonds. The van der Waals surface area contributed by atoms with E-state index in [-0.39, 0.29) is 11.6 Å². The average molecular weight is 642 g/mol. The number of phenolic OH excluding ortho intramolecular Hbond substituents is 1. The van der Waals surface area contributed by atoms with Crippen molar-refractivity contribution in [1.82, 2.24) is 4.57 Å². The minimum atomic E-state index is -0.636. The third-order valence-electron chi connectivity index (χ3n) is 6.62. The molecule has 1 aliphatic heterocycles. The molecule has 2 aliphatic rings. The van der Waals surface area contributed by atoms with Crippen molar-refractivity contribution in [3.8, 4) is 5.75 Å². The molecular formula is C27H17ClIN3O4S. The molecule has 1 aromatic heterocycles. The number of rotatable bonds is 3. The third kappa shape index (κ3) is 4.11. The molecule has 2 heterocycles. The van der Waals surface area contributed by atoms with Gasteiger partial charge in [-0.25, -0.2) is 4.99 Å². The Hall–Kier alpha value is -3.28. The van der Waals surface area contributed by atoms with Gasteiger partial charge in [0.1, 0.15) is 0 Å². The highest BCUT2D eigenvalue weighted by molar-refractivity contribution is 14.1. The summed E-state index contributed by atoms with van der Waals surface area (Å²) in [4.78, 5) is 30.1. The molecule has 0 fully saturated rings. The monoisotopic (exact) mass is 641 g/mol. The number of nitro groups is 1. The SMILES string of the molecule is O=c1c(=Cc2cc(I)c(O)c([N+](=O)[O-])c2)sc2n1C(c1ccc(Cl)cc1)C1=C(N=2)c2ccccc2CC1. The first-order valence-electron chi connectivity index (χ1n) is 11.4. The Morgan fingerprint density at radius 2 is 1.92 bits per heavy atom. The molecule has 10 heteroatoms. The number of nitro benzene ring substituents is 1. The van der Waals surface area contributed by atoms with Crippen LogP contribution < -0.4 is 14.9 Å². The number of aryl methyl sites for hydroxylation is 1. The number of nitrogens with zero attached hydrogens (tertiary/aromatic N) is 3. The Bertz CT molecular complexity index is 1830. The lowest BCUT2D eigenvalue weighted by Gasteiger charge is -2.30. The van der Waals surface area contributed by atoms with Crippen LogP contribution >= 0.6 is 45.5 Å². The van der Waals surface area contributed by atoms with Crippen LogP contribution in [0.15, 0.2) is 76.0 Å². The molecule has 7 nitrogen and oxygen atoms in total. The topological polar surface area (TPSA) is 97.7 Å². The molecule has 1 unspecified atom stereocenters. The van der Waals surface area contributed by atoms with Gasteiger partial charge in [0.25, 0.3) is 5.56 Å². The van der Waals surface area contributed by atoms with Crippen LogP contribution in [0.2, 0.25) is 5.02 Å². The minimum Gasteiger partial charge on any atom is -0.501 e. The number of fused-ring (bicyclic) bond motifs is 3. The van der Waals surface area contributed by atoms with Crippen molar-refractivity contribution in [2.45, 2.75) is 18.9 Å². The zero-order chi connectivity index (χ0) is 25.8. The van der Waals surface area contributed by atoms with Crippen LogP contribution in [0.3, 0.4) is 0 Å². The second-order valence-electron chi connectivity index (χ2n) is 8.79. The summed E-state index contributed by atoms with van der Waals surface area (Å²) in [5, 5.41) is 22.1. The fourth-order valence-electron chi connectivity index (χ4n) is 4.95. The molecule has 6 rings (SSSR count). The maximum absolute atomic E-state index is 13.8. The summed E-state index contributed by atoms with van der Waals surface area (Å²) in [6, 6.07) is 18.3. The van der Waals surface area contributed by atoms with Crippen molar-refractivity contribution >= 4 is 63.0 Å². The predicted molar refractivity (Wildman–Crippen MR) is 152 cm³/mol. The van der Waals surface area contributed by atoms with Crippen LogP contribution in [0.4, 0.5) is 5.69 Å². The quantitative estimate of drug-likeness (QED) is 0.189. The van der Waals surface area contributed by atoms with E-state index in [0.717, 1.165) is 35.2 Å². The molecule has 3 aromatic carbocycles. The molecule has 0 spiro atoms. The first kappa shape index (κ1) is 24.1. The van der Waals surface area contributed by atoms with Crippen LogP contribution in [0.1, 0.15) is 34.7 Å². The molecule has 184 valence electrons. The molecule has 0 saturated carbocycles. The predicted octanol–water partition coefficient (Wildman–Crippen LogP) is 5.19. The lowest BCUT2D eigenvalue weighted by Crippen LogP contribution is -2.38. The first-order chi connectivity index (χ1) is 17.8. The second kappa shape index (κ2) is 9.23. The standard InChI is InChI=1S/C27H17ClIN3O4S/c28-17-8-5-16(6-9-17)24-19-10-7-15-3-1-2-4-18(15)23(19)30-27-31(24)26(34)22(37-27)13-14-11-20(29)25(33)21(12-14)32(35)36/h1-6,8-9,11-13,24,33H,7,10H2. The van der Waals surface area contributed by atoms with Gasteiger partial charge >= 0.3 is 5.69 Å². The second-order valence-corrected chi connectivity index (χ2v) is 11.4. The summed E-state index contributed by atoms with van der Waals surface area (Å²) < 4.78 is 2.45. The van der Waals surface area contributed by atoms with Crippen LogP contribution in [-0.4, -0.2) is 14.6 Å². The van der Waals surface area contributed by atoms with Gasteiger partial charge in [0.05, 0.1) is 24.8 Å². The summed E-state index contributed by atoms with van der Waals surface area (Å²) in [6.07, 6.45) is 3.25. The van der Waals surface area contributed by atoms with E-state index in [2.05, 4.69) is 12.1 Å². The van der Waals surface area contributed by atoms with Gasteiger partial charge in [-0.2, -0.15) is 0 Å². The normalized spacial score (nSPS) is 16.6. The number of aromatic hydroxyl groups is 1. The fourth-order valence-corrected chi connectivity index (χ4v) is 6.71. The van der Waals surface area contributed by atoms with Crippen molar-refractivity contribution in [3.63, 3.8) is 0 Å². The molecule has 1 N–H and O–H groups in total. The van der Waals surface area contributed by atoms with Crippen LogP contribution in [0.5, 0.6) is 5.75 Å².